The lowest BCUT2D eigenvalue weighted by Crippen LogP contribution is -2.43. The quantitative estimate of drug-likeness (QED) is 0.490. The van der Waals surface area contributed by atoms with Crippen molar-refractivity contribution in [2.75, 3.05) is 13.1 Å². The summed E-state index contributed by atoms with van der Waals surface area (Å²) < 4.78 is 16.0. The van der Waals surface area contributed by atoms with E-state index >= 15 is 0 Å². The largest absolute Gasteiger partial charge is 0.338 e. The molecule has 5 heterocycles. The third-order valence-electron chi connectivity index (χ3n) is 5.86. The van der Waals surface area contributed by atoms with Crippen LogP contribution in [0.1, 0.15) is 42.9 Å². The molecule has 1 saturated heterocycles. The first kappa shape index (κ1) is 20.2. The number of piperidine rings is 1. The first-order valence-electron chi connectivity index (χ1n) is 10.6. The molecule has 0 bridgehead atoms. The molecule has 164 valence electrons. The fraction of sp³-hybridized carbons (Fsp3) is 0.364. The molecule has 32 heavy (non-hydrogen) atoms. The normalized spacial score (nSPS) is 15.9. The maximum absolute atomic E-state index is 14.1. The predicted molar refractivity (Wildman–Crippen MR) is 116 cm³/mol. The summed E-state index contributed by atoms with van der Waals surface area (Å²) in [5, 5.41) is 13.2. The summed E-state index contributed by atoms with van der Waals surface area (Å²) in [4.78, 5) is 24.9. The van der Waals surface area contributed by atoms with Gasteiger partial charge in [0.15, 0.2) is 5.82 Å². The van der Waals surface area contributed by atoms with Crippen LogP contribution in [0.3, 0.4) is 0 Å². The molecule has 1 fully saturated rings. The minimum absolute atomic E-state index is 0.115. The Balaban J connectivity index is 1.42. The Labute approximate surface area is 183 Å². The number of alkyl halides is 1. The molecule has 4 aromatic rings. The van der Waals surface area contributed by atoms with Crippen molar-refractivity contribution in [3.05, 3.63) is 54.4 Å². The Morgan fingerprint density at radius 3 is 2.69 bits per heavy atom. The number of fused-ring (bicyclic) bond motifs is 1. The lowest BCUT2D eigenvalue weighted by molar-refractivity contribution is 0.0504. The summed E-state index contributed by atoms with van der Waals surface area (Å²) in [5.41, 5.74) is 1.49. The molecular formula is C22H23FN8O. The molecule has 5 rings (SSSR count). The van der Waals surface area contributed by atoms with Crippen LogP contribution in [0.4, 0.5) is 4.39 Å². The highest BCUT2D eigenvalue weighted by Gasteiger charge is 2.32. The number of hydrogen-bond donors (Lipinski definition) is 0. The Kier molecular flexibility index (Phi) is 4.91. The molecule has 1 aliphatic rings. The van der Waals surface area contributed by atoms with Gasteiger partial charge >= 0.3 is 0 Å². The van der Waals surface area contributed by atoms with Crippen molar-refractivity contribution in [1.82, 2.24) is 39.6 Å². The zero-order valence-corrected chi connectivity index (χ0v) is 17.9. The van der Waals surface area contributed by atoms with Crippen LogP contribution >= 0.6 is 0 Å². The average Bonchev–Trinajstić information content (AvgIpc) is 3.45. The van der Waals surface area contributed by atoms with Gasteiger partial charge in [0.2, 0.25) is 0 Å². The number of amides is 1. The van der Waals surface area contributed by atoms with Crippen molar-refractivity contribution in [2.45, 2.75) is 38.8 Å². The minimum atomic E-state index is -1.20. The summed E-state index contributed by atoms with van der Waals surface area (Å²) >= 11 is 0. The zero-order valence-electron chi connectivity index (χ0n) is 17.9. The van der Waals surface area contributed by atoms with E-state index in [4.69, 9.17) is 0 Å². The first-order chi connectivity index (χ1) is 15.4. The van der Waals surface area contributed by atoms with E-state index in [2.05, 4.69) is 25.4 Å². The second-order valence-electron chi connectivity index (χ2n) is 8.28. The van der Waals surface area contributed by atoms with Crippen LogP contribution < -0.4 is 0 Å². The molecule has 0 aromatic carbocycles. The van der Waals surface area contributed by atoms with Crippen LogP contribution in [0.25, 0.3) is 22.4 Å². The number of halogens is 1. The first-order valence-corrected chi connectivity index (χ1v) is 10.6. The number of rotatable bonds is 4. The number of pyridine rings is 2. The Hall–Kier alpha value is -3.69. The summed E-state index contributed by atoms with van der Waals surface area (Å²) in [6.45, 7) is 4.39. The molecular weight excluding hydrogens is 411 g/mol. The fourth-order valence-corrected chi connectivity index (χ4v) is 3.86. The van der Waals surface area contributed by atoms with Gasteiger partial charge in [-0.2, -0.15) is 0 Å². The predicted octanol–water partition coefficient (Wildman–Crippen LogP) is 2.92. The molecule has 0 unspecified atom stereocenters. The Morgan fingerprint density at radius 2 is 1.94 bits per heavy atom. The smallest absolute Gasteiger partial charge is 0.255 e. The fourth-order valence-electron chi connectivity index (χ4n) is 3.86. The highest BCUT2D eigenvalue weighted by atomic mass is 19.1. The van der Waals surface area contributed by atoms with E-state index in [-0.39, 0.29) is 5.91 Å². The molecule has 1 amide bonds. The maximum Gasteiger partial charge on any atom is 0.255 e. The van der Waals surface area contributed by atoms with Gasteiger partial charge in [-0.3, -0.25) is 14.3 Å². The molecule has 0 radical (unpaired) electrons. The van der Waals surface area contributed by atoms with Crippen molar-refractivity contribution in [3.63, 3.8) is 0 Å². The number of hydrogen-bond acceptors (Lipinski definition) is 6. The third kappa shape index (κ3) is 3.72. The lowest BCUT2D eigenvalue weighted by Gasteiger charge is -2.34. The monoisotopic (exact) mass is 434 g/mol. The summed E-state index contributed by atoms with van der Waals surface area (Å²) in [5.74, 6) is 0.542. The van der Waals surface area contributed by atoms with Gasteiger partial charge in [0.1, 0.15) is 17.0 Å². The number of aryl methyl sites for hydroxylation is 1. The van der Waals surface area contributed by atoms with Crippen molar-refractivity contribution >= 4 is 16.9 Å². The van der Waals surface area contributed by atoms with Crippen molar-refractivity contribution < 1.29 is 9.18 Å². The zero-order chi connectivity index (χ0) is 22.3. The maximum atomic E-state index is 14.1. The Bertz CT molecular complexity index is 1280. The van der Waals surface area contributed by atoms with Gasteiger partial charge in [-0.05, 0) is 43.2 Å². The topological polar surface area (TPSA) is 94.6 Å². The number of likely N-dealkylation sites (tertiary alicyclic amines) is 1. The van der Waals surface area contributed by atoms with E-state index in [9.17, 15) is 9.18 Å². The number of nitrogens with zero attached hydrogens (tertiary/aromatic N) is 8. The van der Waals surface area contributed by atoms with E-state index in [0.29, 0.717) is 55.1 Å². The SMILES string of the molecule is CCc1nnn(-c2cncc(-n3ccc4cc(C(=O)N5CCC(C)(F)CC5)cnc43)c2)n1. The molecule has 0 atom stereocenters. The van der Waals surface area contributed by atoms with E-state index in [1.54, 1.807) is 30.4 Å². The highest BCUT2D eigenvalue weighted by Crippen LogP contribution is 2.27. The van der Waals surface area contributed by atoms with Gasteiger partial charge in [0.05, 0.1) is 23.6 Å². The van der Waals surface area contributed by atoms with E-state index < -0.39 is 5.67 Å². The van der Waals surface area contributed by atoms with Gasteiger partial charge < -0.3 is 4.90 Å². The standard InChI is InChI=1S/C22H23FN8O/c1-3-19-26-28-31(27-19)18-11-17(13-24-14-18)30-7-4-15-10-16(12-25-20(15)30)21(32)29-8-5-22(2,23)6-9-29/h4,7,10-14H,3,5-6,8-9H2,1-2H3. The van der Waals surface area contributed by atoms with Gasteiger partial charge in [0.25, 0.3) is 5.91 Å². The molecule has 0 aliphatic carbocycles. The number of carbonyl (C=O) groups is 1. The second-order valence-corrected chi connectivity index (χ2v) is 8.28. The van der Waals surface area contributed by atoms with E-state index in [0.717, 1.165) is 11.1 Å². The molecule has 0 saturated carbocycles. The molecule has 0 spiro atoms. The van der Waals surface area contributed by atoms with Crippen LogP contribution in [0.15, 0.2) is 43.0 Å². The molecule has 0 N–H and O–H groups in total. The summed E-state index contributed by atoms with van der Waals surface area (Å²) in [7, 11) is 0. The van der Waals surface area contributed by atoms with E-state index in [1.807, 2.05) is 35.9 Å². The average molecular weight is 434 g/mol. The third-order valence-corrected chi connectivity index (χ3v) is 5.86. The van der Waals surface area contributed by atoms with Crippen molar-refractivity contribution in [2.24, 2.45) is 0 Å². The van der Waals surface area contributed by atoms with Gasteiger partial charge in [-0.15, -0.1) is 15.0 Å². The van der Waals surface area contributed by atoms with Crippen LogP contribution in [0.2, 0.25) is 0 Å². The van der Waals surface area contributed by atoms with Crippen LogP contribution in [-0.4, -0.2) is 64.3 Å². The molecule has 4 aromatic heterocycles. The molecule has 10 heteroatoms. The minimum Gasteiger partial charge on any atom is -0.338 e. The van der Waals surface area contributed by atoms with E-state index in [1.165, 1.54) is 4.80 Å². The number of aromatic nitrogens is 7. The molecule has 1 aliphatic heterocycles. The van der Waals surface area contributed by atoms with Gasteiger partial charge in [-0.1, -0.05) is 6.92 Å². The number of carbonyl (C=O) groups excluding carboxylic acids is 1. The van der Waals surface area contributed by atoms with Crippen molar-refractivity contribution in [1.29, 1.82) is 0 Å². The summed E-state index contributed by atoms with van der Waals surface area (Å²) in [6, 6.07) is 5.63. The van der Waals surface area contributed by atoms with Crippen LogP contribution in [-0.2, 0) is 6.42 Å². The summed E-state index contributed by atoms with van der Waals surface area (Å²) in [6.07, 6.45) is 8.26. The van der Waals surface area contributed by atoms with Gasteiger partial charge in [0, 0.05) is 37.3 Å². The highest BCUT2D eigenvalue weighted by molar-refractivity contribution is 5.97. The van der Waals surface area contributed by atoms with Crippen LogP contribution in [0, 0.1) is 0 Å². The van der Waals surface area contributed by atoms with Crippen LogP contribution in [0.5, 0.6) is 0 Å². The molecule has 9 nitrogen and oxygen atoms in total. The van der Waals surface area contributed by atoms with Gasteiger partial charge in [-0.25, -0.2) is 9.37 Å². The second kappa shape index (κ2) is 7.77. The Morgan fingerprint density at radius 1 is 1.16 bits per heavy atom. The lowest BCUT2D eigenvalue weighted by atomic mass is 9.95. The number of tetrazole rings is 1. The van der Waals surface area contributed by atoms with Crippen molar-refractivity contribution in [3.8, 4) is 11.4 Å².